The van der Waals surface area contributed by atoms with Crippen LogP contribution in [0.5, 0.6) is 0 Å². The first kappa shape index (κ1) is 14.4. The Hall–Kier alpha value is -1.23. The van der Waals surface area contributed by atoms with Gasteiger partial charge in [-0.05, 0) is 31.9 Å². The molecule has 2 aliphatic heterocycles. The minimum atomic E-state index is 0.416. The zero-order chi connectivity index (χ0) is 15.0. The van der Waals surface area contributed by atoms with Gasteiger partial charge in [0, 0.05) is 18.2 Å². The number of benzene rings is 1. The van der Waals surface area contributed by atoms with Gasteiger partial charge in [-0.25, -0.2) is 4.98 Å². The largest absolute Gasteiger partial charge is 0.378 e. The van der Waals surface area contributed by atoms with Crippen LogP contribution in [0.4, 0.5) is 0 Å². The maximum absolute atomic E-state index is 5.81. The van der Waals surface area contributed by atoms with Crippen molar-refractivity contribution in [2.24, 2.45) is 5.41 Å². The van der Waals surface area contributed by atoms with Gasteiger partial charge in [-0.1, -0.05) is 30.3 Å². The predicted octanol–water partition coefficient (Wildman–Crippen LogP) is 3.81. The Morgan fingerprint density at radius 2 is 2.23 bits per heavy atom. The fourth-order valence-corrected chi connectivity index (χ4v) is 4.77. The van der Waals surface area contributed by atoms with Crippen LogP contribution in [-0.4, -0.2) is 35.7 Å². The third kappa shape index (κ3) is 2.83. The summed E-state index contributed by atoms with van der Waals surface area (Å²) in [6, 6.07) is 10.5. The molecule has 0 unspecified atom stereocenters. The lowest BCUT2D eigenvalue weighted by Gasteiger charge is -2.21. The summed E-state index contributed by atoms with van der Waals surface area (Å²) in [5.41, 5.74) is 1.68. The Morgan fingerprint density at radius 3 is 3.00 bits per heavy atom. The highest BCUT2D eigenvalue weighted by atomic mass is 32.1. The van der Waals surface area contributed by atoms with Crippen LogP contribution >= 0.6 is 11.3 Å². The molecule has 2 saturated heterocycles. The van der Waals surface area contributed by atoms with Crippen molar-refractivity contribution in [2.45, 2.75) is 32.4 Å². The van der Waals surface area contributed by atoms with E-state index in [4.69, 9.17) is 4.74 Å². The smallest absolute Gasteiger partial charge is 0.107 e. The third-order valence-electron chi connectivity index (χ3n) is 4.88. The molecule has 2 aromatic rings. The van der Waals surface area contributed by atoms with Crippen LogP contribution in [-0.2, 0) is 11.3 Å². The minimum Gasteiger partial charge on any atom is -0.378 e. The van der Waals surface area contributed by atoms with E-state index in [1.165, 1.54) is 34.8 Å². The monoisotopic (exact) mass is 314 g/mol. The normalized spacial score (nSPS) is 28.7. The molecule has 2 fully saturated rings. The van der Waals surface area contributed by atoms with Gasteiger partial charge in [-0.15, -0.1) is 11.3 Å². The summed E-state index contributed by atoms with van der Waals surface area (Å²) in [7, 11) is 0. The van der Waals surface area contributed by atoms with Gasteiger partial charge in [0.1, 0.15) is 5.01 Å². The lowest BCUT2D eigenvalue weighted by atomic mass is 9.85. The minimum absolute atomic E-state index is 0.416. The molecule has 22 heavy (non-hydrogen) atoms. The van der Waals surface area contributed by atoms with E-state index in [1.807, 2.05) is 17.5 Å². The standard InChI is InChI=1S/C18H22N2OS/c1-14-9-18(13-21-14)7-8-20(12-18)11-17-19-10-16(22-17)15-5-3-2-4-6-15/h2-6,10,14H,7-9,11-13H2,1H3/t14-,18-/m1/s1. The number of hydrogen-bond donors (Lipinski definition) is 0. The summed E-state index contributed by atoms with van der Waals surface area (Å²) in [5, 5.41) is 1.22. The Morgan fingerprint density at radius 1 is 1.36 bits per heavy atom. The van der Waals surface area contributed by atoms with Crippen LogP contribution in [0, 0.1) is 5.41 Å². The van der Waals surface area contributed by atoms with Crippen LogP contribution in [0.15, 0.2) is 36.5 Å². The van der Waals surface area contributed by atoms with Gasteiger partial charge < -0.3 is 4.74 Å². The summed E-state index contributed by atoms with van der Waals surface area (Å²) in [6.07, 6.45) is 4.94. The van der Waals surface area contributed by atoms with Gasteiger partial charge in [0.25, 0.3) is 0 Å². The van der Waals surface area contributed by atoms with Gasteiger partial charge in [-0.3, -0.25) is 4.90 Å². The first-order valence-electron chi connectivity index (χ1n) is 8.07. The molecule has 1 aromatic heterocycles. The molecular formula is C18H22N2OS. The fraction of sp³-hybridized carbons (Fsp3) is 0.500. The number of ether oxygens (including phenoxy) is 1. The van der Waals surface area contributed by atoms with Gasteiger partial charge in [0.05, 0.1) is 24.1 Å². The average Bonchev–Trinajstić information content (AvgIpc) is 3.23. The Balaban J connectivity index is 1.42. The number of likely N-dealkylation sites (tertiary alicyclic amines) is 1. The molecule has 3 nitrogen and oxygen atoms in total. The number of rotatable bonds is 3. The van der Waals surface area contributed by atoms with E-state index < -0.39 is 0 Å². The van der Waals surface area contributed by atoms with Crippen LogP contribution in [0.2, 0.25) is 0 Å². The van der Waals surface area contributed by atoms with Crippen molar-refractivity contribution < 1.29 is 4.74 Å². The highest BCUT2D eigenvalue weighted by Crippen LogP contribution is 2.41. The Bertz CT molecular complexity index is 642. The summed E-state index contributed by atoms with van der Waals surface area (Å²) in [4.78, 5) is 8.45. The highest BCUT2D eigenvalue weighted by molar-refractivity contribution is 7.15. The summed E-state index contributed by atoms with van der Waals surface area (Å²) < 4.78 is 5.81. The van der Waals surface area contributed by atoms with E-state index in [2.05, 4.69) is 47.1 Å². The van der Waals surface area contributed by atoms with Crippen molar-refractivity contribution >= 4 is 11.3 Å². The van der Waals surface area contributed by atoms with Crippen molar-refractivity contribution in [2.75, 3.05) is 19.7 Å². The second-order valence-electron chi connectivity index (χ2n) is 6.77. The Labute approximate surface area is 135 Å². The first-order chi connectivity index (χ1) is 10.7. The highest BCUT2D eigenvalue weighted by Gasteiger charge is 2.43. The lowest BCUT2D eigenvalue weighted by Crippen LogP contribution is -2.27. The van der Waals surface area contributed by atoms with Crippen molar-refractivity contribution in [3.63, 3.8) is 0 Å². The molecule has 0 aliphatic carbocycles. The molecule has 0 saturated carbocycles. The van der Waals surface area contributed by atoms with E-state index >= 15 is 0 Å². The van der Waals surface area contributed by atoms with Gasteiger partial charge in [-0.2, -0.15) is 0 Å². The van der Waals surface area contributed by atoms with Gasteiger partial charge in [0.2, 0.25) is 0 Å². The van der Waals surface area contributed by atoms with E-state index in [9.17, 15) is 0 Å². The zero-order valence-corrected chi connectivity index (χ0v) is 13.8. The topological polar surface area (TPSA) is 25.4 Å². The second kappa shape index (κ2) is 5.76. The number of thiazole rings is 1. The number of nitrogens with zero attached hydrogens (tertiary/aromatic N) is 2. The summed E-state index contributed by atoms with van der Waals surface area (Å²) in [6.45, 7) is 6.46. The van der Waals surface area contributed by atoms with Crippen molar-refractivity contribution in [3.8, 4) is 10.4 Å². The molecule has 0 amide bonds. The zero-order valence-electron chi connectivity index (χ0n) is 13.0. The molecule has 2 aliphatic rings. The molecule has 4 heteroatoms. The number of aromatic nitrogens is 1. The molecule has 1 spiro atoms. The Kier molecular flexibility index (Phi) is 3.76. The molecule has 4 rings (SSSR count). The average molecular weight is 314 g/mol. The van der Waals surface area contributed by atoms with E-state index in [1.54, 1.807) is 0 Å². The maximum atomic E-state index is 5.81. The molecule has 0 N–H and O–H groups in total. The quantitative estimate of drug-likeness (QED) is 0.861. The molecule has 3 heterocycles. The van der Waals surface area contributed by atoms with Crippen LogP contribution in [0.3, 0.4) is 0 Å². The predicted molar refractivity (Wildman–Crippen MR) is 89.9 cm³/mol. The third-order valence-corrected chi connectivity index (χ3v) is 5.91. The summed E-state index contributed by atoms with van der Waals surface area (Å²) in [5.74, 6) is 0. The van der Waals surface area contributed by atoms with E-state index in [0.717, 1.165) is 19.7 Å². The maximum Gasteiger partial charge on any atom is 0.107 e. The fourth-order valence-electron chi connectivity index (χ4n) is 3.80. The lowest BCUT2D eigenvalue weighted by molar-refractivity contribution is 0.106. The molecule has 0 radical (unpaired) electrons. The van der Waals surface area contributed by atoms with Gasteiger partial charge >= 0.3 is 0 Å². The van der Waals surface area contributed by atoms with Crippen molar-refractivity contribution in [1.82, 2.24) is 9.88 Å². The second-order valence-corrected chi connectivity index (χ2v) is 7.89. The van der Waals surface area contributed by atoms with E-state index in [-0.39, 0.29) is 0 Å². The summed E-state index contributed by atoms with van der Waals surface area (Å²) >= 11 is 1.82. The molecule has 0 bridgehead atoms. The SMILES string of the molecule is C[C@@H]1C[C@@]2(CCN(Cc3ncc(-c4ccccc4)s3)C2)CO1. The van der Waals surface area contributed by atoms with Crippen LogP contribution < -0.4 is 0 Å². The molecule has 2 atom stereocenters. The number of hydrogen-bond acceptors (Lipinski definition) is 4. The van der Waals surface area contributed by atoms with Gasteiger partial charge in [0.15, 0.2) is 0 Å². The van der Waals surface area contributed by atoms with Crippen LogP contribution in [0.25, 0.3) is 10.4 Å². The van der Waals surface area contributed by atoms with Crippen LogP contribution in [0.1, 0.15) is 24.8 Å². The van der Waals surface area contributed by atoms with Crippen molar-refractivity contribution in [3.05, 3.63) is 41.5 Å². The first-order valence-corrected chi connectivity index (χ1v) is 8.88. The van der Waals surface area contributed by atoms with E-state index in [0.29, 0.717) is 11.5 Å². The molecule has 116 valence electrons. The molecule has 1 aromatic carbocycles. The molecular weight excluding hydrogens is 292 g/mol. The van der Waals surface area contributed by atoms with Crippen molar-refractivity contribution in [1.29, 1.82) is 0 Å².